The predicted molar refractivity (Wildman–Crippen MR) is 83.2 cm³/mol. The fraction of sp³-hybridized carbons (Fsp3) is 0.188. The van der Waals surface area contributed by atoms with Gasteiger partial charge in [-0.2, -0.15) is 8.78 Å². The van der Waals surface area contributed by atoms with Crippen LogP contribution in [0.4, 0.5) is 18.9 Å². The van der Waals surface area contributed by atoms with Gasteiger partial charge < -0.3 is 14.8 Å². The van der Waals surface area contributed by atoms with E-state index in [9.17, 15) is 18.0 Å². The first-order chi connectivity index (χ1) is 11.3. The number of hydrogen-bond acceptors (Lipinski definition) is 3. The molecule has 0 heterocycles. The minimum atomic E-state index is -3.00. The third-order valence-electron chi connectivity index (χ3n) is 2.89. The van der Waals surface area contributed by atoms with E-state index in [0.717, 1.165) is 6.07 Å². The summed E-state index contributed by atoms with van der Waals surface area (Å²) in [4.78, 5) is 12.1. The third-order valence-corrected chi connectivity index (χ3v) is 3.19. The molecule has 0 spiro atoms. The number of benzene rings is 2. The lowest BCUT2D eigenvalue weighted by molar-refractivity contribution is -0.122. The molecular formula is C16H13ClF3NO3. The highest BCUT2D eigenvalue weighted by Crippen LogP contribution is 2.29. The van der Waals surface area contributed by atoms with E-state index in [-0.39, 0.29) is 22.2 Å². The molecule has 1 unspecified atom stereocenters. The van der Waals surface area contributed by atoms with Gasteiger partial charge in [0.25, 0.3) is 5.91 Å². The van der Waals surface area contributed by atoms with Crippen LogP contribution in [0.2, 0.25) is 5.02 Å². The Balaban J connectivity index is 1.99. The standard InChI is InChI=1S/C16H13ClF3NO3/c1-9(23-12-4-2-3-10(18)7-12)15(22)21-11-5-6-14(13(17)8-11)24-16(19)20/h2-9,16H,1H3,(H,21,22). The first kappa shape index (κ1) is 17.9. The molecule has 0 aliphatic heterocycles. The van der Waals surface area contributed by atoms with Crippen LogP contribution < -0.4 is 14.8 Å². The normalized spacial score (nSPS) is 11.9. The van der Waals surface area contributed by atoms with Gasteiger partial charge >= 0.3 is 6.61 Å². The molecule has 24 heavy (non-hydrogen) atoms. The average molecular weight is 360 g/mol. The SMILES string of the molecule is CC(Oc1cccc(F)c1)C(=O)Nc1ccc(OC(F)F)c(Cl)c1. The highest BCUT2D eigenvalue weighted by Gasteiger charge is 2.16. The van der Waals surface area contributed by atoms with Crippen molar-refractivity contribution in [3.8, 4) is 11.5 Å². The van der Waals surface area contributed by atoms with Gasteiger partial charge in [-0.3, -0.25) is 4.79 Å². The summed E-state index contributed by atoms with van der Waals surface area (Å²) in [6.07, 6.45) is -0.914. The lowest BCUT2D eigenvalue weighted by Crippen LogP contribution is -2.30. The van der Waals surface area contributed by atoms with Crippen molar-refractivity contribution in [3.05, 3.63) is 53.3 Å². The van der Waals surface area contributed by atoms with Crippen molar-refractivity contribution < 1.29 is 27.4 Å². The molecule has 4 nitrogen and oxygen atoms in total. The molecule has 0 aliphatic rings. The topological polar surface area (TPSA) is 47.6 Å². The second kappa shape index (κ2) is 7.92. The zero-order valence-corrected chi connectivity index (χ0v) is 13.2. The molecule has 0 aliphatic carbocycles. The summed E-state index contributed by atoms with van der Waals surface area (Å²) in [6, 6.07) is 9.21. The Bertz CT molecular complexity index is 727. The highest BCUT2D eigenvalue weighted by atomic mass is 35.5. The molecule has 8 heteroatoms. The van der Waals surface area contributed by atoms with Crippen LogP contribution in [0.1, 0.15) is 6.92 Å². The average Bonchev–Trinajstić information content (AvgIpc) is 2.49. The van der Waals surface area contributed by atoms with Crippen molar-refractivity contribution in [3.63, 3.8) is 0 Å². The van der Waals surface area contributed by atoms with Gasteiger partial charge in [-0.25, -0.2) is 4.39 Å². The monoisotopic (exact) mass is 359 g/mol. The maximum Gasteiger partial charge on any atom is 0.387 e. The molecule has 0 saturated carbocycles. The molecule has 0 radical (unpaired) electrons. The molecule has 0 aromatic heterocycles. The number of anilines is 1. The summed E-state index contributed by atoms with van der Waals surface area (Å²) in [5.74, 6) is -0.996. The van der Waals surface area contributed by atoms with Crippen molar-refractivity contribution in [2.75, 3.05) is 5.32 Å². The van der Waals surface area contributed by atoms with Crippen LogP contribution in [-0.2, 0) is 4.79 Å². The molecule has 0 fully saturated rings. The summed E-state index contributed by atoms with van der Waals surface area (Å²) in [5.41, 5.74) is 0.279. The third kappa shape index (κ3) is 5.06. The zero-order chi connectivity index (χ0) is 17.7. The summed E-state index contributed by atoms with van der Waals surface area (Å²) >= 11 is 5.80. The Morgan fingerprint density at radius 1 is 1.17 bits per heavy atom. The minimum Gasteiger partial charge on any atom is -0.481 e. The fourth-order valence-corrected chi connectivity index (χ4v) is 2.04. The molecule has 1 atom stereocenters. The van der Waals surface area contributed by atoms with E-state index in [4.69, 9.17) is 16.3 Å². The Kier molecular flexibility index (Phi) is 5.92. The number of halogens is 4. The van der Waals surface area contributed by atoms with E-state index >= 15 is 0 Å². The van der Waals surface area contributed by atoms with Crippen LogP contribution in [0.5, 0.6) is 11.5 Å². The lowest BCUT2D eigenvalue weighted by Gasteiger charge is -2.15. The molecule has 1 amide bonds. The van der Waals surface area contributed by atoms with E-state index < -0.39 is 24.4 Å². The summed E-state index contributed by atoms with van der Waals surface area (Å²) in [5, 5.41) is 2.44. The zero-order valence-electron chi connectivity index (χ0n) is 12.4. The predicted octanol–water partition coefficient (Wildman–Crippen LogP) is 4.49. The summed E-state index contributed by atoms with van der Waals surface area (Å²) < 4.78 is 46.9. The molecular weight excluding hydrogens is 347 g/mol. The molecule has 2 aromatic carbocycles. The van der Waals surface area contributed by atoms with Gasteiger partial charge in [0.1, 0.15) is 17.3 Å². The van der Waals surface area contributed by atoms with E-state index in [1.165, 1.54) is 43.3 Å². The van der Waals surface area contributed by atoms with Crippen LogP contribution in [-0.4, -0.2) is 18.6 Å². The molecule has 0 saturated heterocycles. The van der Waals surface area contributed by atoms with Crippen molar-refractivity contribution in [2.24, 2.45) is 0 Å². The second-order valence-electron chi connectivity index (χ2n) is 4.73. The van der Waals surface area contributed by atoms with Crippen molar-refractivity contribution in [2.45, 2.75) is 19.6 Å². The first-order valence-electron chi connectivity index (χ1n) is 6.82. The van der Waals surface area contributed by atoms with Gasteiger partial charge in [0.05, 0.1) is 5.02 Å². The molecule has 0 bridgehead atoms. The number of amides is 1. The largest absolute Gasteiger partial charge is 0.481 e. The van der Waals surface area contributed by atoms with Crippen LogP contribution >= 0.6 is 11.6 Å². The fourth-order valence-electron chi connectivity index (χ4n) is 1.81. The Hall–Kier alpha value is -2.41. The molecule has 2 aromatic rings. The van der Waals surface area contributed by atoms with Crippen LogP contribution in [0.15, 0.2) is 42.5 Å². The van der Waals surface area contributed by atoms with Gasteiger partial charge in [-0.1, -0.05) is 17.7 Å². The van der Waals surface area contributed by atoms with Crippen LogP contribution in [0.25, 0.3) is 0 Å². The molecule has 128 valence electrons. The smallest absolute Gasteiger partial charge is 0.387 e. The highest BCUT2D eigenvalue weighted by molar-refractivity contribution is 6.32. The van der Waals surface area contributed by atoms with E-state index in [2.05, 4.69) is 10.1 Å². The Labute approximate surface area is 141 Å². The van der Waals surface area contributed by atoms with E-state index in [1.807, 2.05) is 0 Å². The van der Waals surface area contributed by atoms with E-state index in [1.54, 1.807) is 0 Å². The number of carbonyl (C=O) groups is 1. The number of hydrogen-bond donors (Lipinski definition) is 1. The van der Waals surface area contributed by atoms with Crippen molar-refractivity contribution in [1.82, 2.24) is 0 Å². The first-order valence-corrected chi connectivity index (χ1v) is 7.20. The van der Waals surface area contributed by atoms with Crippen LogP contribution in [0, 0.1) is 5.82 Å². The van der Waals surface area contributed by atoms with E-state index in [0.29, 0.717) is 0 Å². The summed E-state index contributed by atoms with van der Waals surface area (Å²) in [7, 11) is 0. The second-order valence-corrected chi connectivity index (χ2v) is 5.14. The maximum absolute atomic E-state index is 13.1. The molecule has 2 rings (SSSR count). The van der Waals surface area contributed by atoms with Crippen molar-refractivity contribution in [1.29, 1.82) is 0 Å². The lowest BCUT2D eigenvalue weighted by atomic mass is 10.2. The van der Waals surface area contributed by atoms with Gasteiger partial charge in [0, 0.05) is 11.8 Å². The van der Waals surface area contributed by atoms with Crippen LogP contribution in [0.3, 0.4) is 0 Å². The van der Waals surface area contributed by atoms with Gasteiger partial charge in [0.15, 0.2) is 6.10 Å². The van der Waals surface area contributed by atoms with Gasteiger partial charge in [0.2, 0.25) is 0 Å². The number of carbonyl (C=O) groups excluding carboxylic acids is 1. The number of rotatable bonds is 6. The maximum atomic E-state index is 13.1. The van der Waals surface area contributed by atoms with Gasteiger partial charge in [-0.05, 0) is 37.3 Å². The molecule has 1 N–H and O–H groups in total. The Morgan fingerprint density at radius 3 is 2.54 bits per heavy atom. The minimum absolute atomic E-state index is 0.0770. The number of ether oxygens (including phenoxy) is 2. The summed E-state index contributed by atoms with van der Waals surface area (Å²) in [6.45, 7) is -1.52. The number of alkyl halides is 2. The number of nitrogens with one attached hydrogen (secondary N) is 1. The quantitative estimate of drug-likeness (QED) is 0.826. The van der Waals surface area contributed by atoms with Gasteiger partial charge in [-0.15, -0.1) is 0 Å². The Morgan fingerprint density at radius 2 is 1.92 bits per heavy atom. The van der Waals surface area contributed by atoms with Crippen molar-refractivity contribution >= 4 is 23.2 Å².